The number of nitrogens with zero attached hydrogens (tertiary/aromatic N) is 3. The first kappa shape index (κ1) is 16.7. The van der Waals surface area contributed by atoms with Gasteiger partial charge in [0.1, 0.15) is 0 Å². The van der Waals surface area contributed by atoms with Crippen LogP contribution in [0.5, 0.6) is 0 Å². The van der Waals surface area contributed by atoms with Crippen molar-refractivity contribution in [3.63, 3.8) is 0 Å². The lowest BCUT2D eigenvalue weighted by atomic mass is 9.88. The summed E-state index contributed by atoms with van der Waals surface area (Å²) in [6.07, 6.45) is 5.22. The summed E-state index contributed by atoms with van der Waals surface area (Å²) in [6, 6.07) is 0. The van der Waals surface area contributed by atoms with Crippen molar-refractivity contribution in [3.8, 4) is 0 Å². The number of likely N-dealkylation sites (N-methyl/N-ethyl adjacent to an activating group) is 2. The Balaban J connectivity index is 1.70. The van der Waals surface area contributed by atoms with E-state index in [9.17, 15) is 9.90 Å². The summed E-state index contributed by atoms with van der Waals surface area (Å²) in [5.41, 5.74) is 0. The van der Waals surface area contributed by atoms with Gasteiger partial charge in [-0.15, -0.1) is 0 Å². The van der Waals surface area contributed by atoms with E-state index in [0.29, 0.717) is 13.1 Å². The number of aliphatic hydroxyl groups excluding tert-OH is 1. The fourth-order valence-corrected chi connectivity index (χ4v) is 3.45. The molecule has 0 spiro atoms. The maximum atomic E-state index is 12.4. The van der Waals surface area contributed by atoms with Crippen LogP contribution in [-0.2, 0) is 4.79 Å². The largest absolute Gasteiger partial charge is 0.390 e. The van der Waals surface area contributed by atoms with Crippen molar-refractivity contribution < 1.29 is 9.90 Å². The molecule has 1 aliphatic heterocycles. The van der Waals surface area contributed by atoms with Gasteiger partial charge in [0, 0.05) is 52.2 Å². The maximum Gasteiger partial charge on any atom is 0.225 e. The number of amides is 1. The Morgan fingerprint density at radius 2 is 1.81 bits per heavy atom. The first-order valence-electron chi connectivity index (χ1n) is 8.40. The second kappa shape index (κ2) is 8.11. The fraction of sp³-hybridized carbons (Fsp3) is 0.938. The van der Waals surface area contributed by atoms with Crippen molar-refractivity contribution in [1.82, 2.24) is 14.7 Å². The smallest absolute Gasteiger partial charge is 0.225 e. The number of β-amino-alcohol motifs (C(OH)–C–C–N with tert-alkyl or cyclic N) is 1. The van der Waals surface area contributed by atoms with Crippen LogP contribution in [0.3, 0.4) is 0 Å². The molecule has 0 aromatic carbocycles. The summed E-state index contributed by atoms with van der Waals surface area (Å²) < 4.78 is 0. The molecule has 1 atom stereocenters. The molecule has 1 amide bonds. The third kappa shape index (κ3) is 5.24. The van der Waals surface area contributed by atoms with E-state index in [1.54, 1.807) is 4.90 Å². The predicted octanol–water partition coefficient (Wildman–Crippen LogP) is 0.633. The number of carbonyl (C=O) groups excluding carboxylic acids is 1. The number of piperazine rings is 1. The van der Waals surface area contributed by atoms with Gasteiger partial charge >= 0.3 is 0 Å². The minimum absolute atomic E-state index is 0.194. The van der Waals surface area contributed by atoms with Gasteiger partial charge in [-0.2, -0.15) is 0 Å². The summed E-state index contributed by atoms with van der Waals surface area (Å²) in [7, 11) is 3.97. The Morgan fingerprint density at radius 1 is 1.19 bits per heavy atom. The van der Waals surface area contributed by atoms with Crippen molar-refractivity contribution in [2.75, 3.05) is 53.4 Å². The van der Waals surface area contributed by atoms with Gasteiger partial charge in [-0.25, -0.2) is 0 Å². The lowest BCUT2D eigenvalue weighted by molar-refractivity contribution is -0.136. The summed E-state index contributed by atoms with van der Waals surface area (Å²) in [4.78, 5) is 18.7. The molecular formula is C16H31N3O2. The molecule has 2 aliphatic rings. The Morgan fingerprint density at radius 3 is 2.43 bits per heavy atom. The quantitative estimate of drug-likeness (QED) is 0.809. The van der Waals surface area contributed by atoms with Crippen LogP contribution in [0.25, 0.3) is 0 Å². The minimum atomic E-state index is -0.439. The van der Waals surface area contributed by atoms with Gasteiger partial charge in [0.05, 0.1) is 6.10 Å². The van der Waals surface area contributed by atoms with E-state index in [0.717, 1.165) is 39.0 Å². The first-order valence-corrected chi connectivity index (χ1v) is 8.40. The number of hydrogen-bond acceptors (Lipinski definition) is 4. The highest BCUT2D eigenvalue weighted by Gasteiger charge is 2.26. The SMILES string of the molecule is CN1CCN(CC(O)CN(C)C(=O)C2CCCCC2)CC1. The average molecular weight is 297 g/mol. The van der Waals surface area contributed by atoms with E-state index in [2.05, 4.69) is 16.8 Å². The molecule has 0 radical (unpaired) electrons. The number of rotatable bonds is 5. The normalized spacial score (nSPS) is 24.0. The van der Waals surface area contributed by atoms with E-state index < -0.39 is 6.10 Å². The Labute approximate surface area is 128 Å². The third-order valence-corrected chi connectivity index (χ3v) is 4.88. The van der Waals surface area contributed by atoms with Crippen LogP contribution < -0.4 is 0 Å². The van der Waals surface area contributed by atoms with E-state index in [1.165, 1.54) is 19.3 Å². The molecule has 5 nitrogen and oxygen atoms in total. The topological polar surface area (TPSA) is 47.0 Å². The molecular weight excluding hydrogens is 266 g/mol. The Kier molecular flexibility index (Phi) is 6.45. The van der Waals surface area contributed by atoms with Gasteiger partial charge in [-0.1, -0.05) is 19.3 Å². The summed E-state index contributed by atoms with van der Waals surface area (Å²) >= 11 is 0. The molecule has 21 heavy (non-hydrogen) atoms. The Hall–Kier alpha value is -0.650. The molecule has 2 rings (SSSR count). The highest BCUT2D eigenvalue weighted by Crippen LogP contribution is 2.25. The molecule has 0 aromatic rings. The van der Waals surface area contributed by atoms with Crippen LogP contribution in [0.2, 0.25) is 0 Å². The van der Waals surface area contributed by atoms with Gasteiger partial charge in [-0.05, 0) is 19.9 Å². The fourth-order valence-electron chi connectivity index (χ4n) is 3.45. The van der Waals surface area contributed by atoms with Gasteiger partial charge < -0.3 is 14.9 Å². The number of carbonyl (C=O) groups is 1. The second-order valence-corrected chi connectivity index (χ2v) is 6.81. The molecule has 0 aromatic heterocycles. The highest BCUT2D eigenvalue weighted by atomic mass is 16.3. The maximum absolute atomic E-state index is 12.4. The standard InChI is InChI=1S/C16H31N3O2/c1-17-8-10-19(11-9-17)13-15(20)12-18(2)16(21)14-6-4-3-5-7-14/h14-15,20H,3-13H2,1-2H3. The van der Waals surface area contributed by atoms with Crippen LogP contribution in [0, 0.1) is 5.92 Å². The van der Waals surface area contributed by atoms with Crippen LogP contribution in [-0.4, -0.2) is 85.2 Å². The van der Waals surface area contributed by atoms with Crippen LogP contribution in [0.1, 0.15) is 32.1 Å². The zero-order valence-corrected chi connectivity index (χ0v) is 13.6. The van der Waals surface area contributed by atoms with E-state index >= 15 is 0 Å². The summed E-state index contributed by atoms with van der Waals surface area (Å²) in [6.45, 7) is 5.27. The van der Waals surface area contributed by atoms with Crippen LogP contribution in [0.4, 0.5) is 0 Å². The number of hydrogen-bond donors (Lipinski definition) is 1. The van der Waals surface area contributed by atoms with Crippen molar-refractivity contribution >= 4 is 5.91 Å². The van der Waals surface area contributed by atoms with Crippen molar-refractivity contribution in [2.24, 2.45) is 5.92 Å². The summed E-state index contributed by atoms with van der Waals surface area (Å²) in [5.74, 6) is 0.423. The van der Waals surface area contributed by atoms with Gasteiger partial charge in [0.15, 0.2) is 0 Å². The molecule has 5 heteroatoms. The molecule has 1 saturated heterocycles. The molecule has 0 bridgehead atoms. The van der Waals surface area contributed by atoms with E-state index in [4.69, 9.17) is 0 Å². The molecule has 1 aliphatic carbocycles. The molecule has 2 fully saturated rings. The van der Waals surface area contributed by atoms with Crippen molar-refractivity contribution in [3.05, 3.63) is 0 Å². The molecule has 122 valence electrons. The van der Waals surface area contributed by atoms with Gasteiger partial charge in [-0.3, -0.25) is 9.69 Å². The van der Waals surface area contributed by atoms with Crippen molar-refractivity contribution in [2.45, 2.75) is 38.2 Å². The molecule has 1 unspecified atom stereocenters. The minimum Gasteiger partial charge on any atom is -0.390 e. The van der Waals surface area contributed by atoms with Gasteiger partial charge in [0.25, 0.3) is 0 Å². The van der Waals surface area contributed by atoms with Crippen molar-refractivity contribution in [1.29, 1.82) is 0 Å². The van der Waals surface area contributed by atoms with Gasteiger partial charge in [0.2, 0.25) is 5.91 Å². The molecule has 1 saturated carbocycles. The van der Waals surface area contributed by atoms with Crippen LogP contribution >= 0.6 is 0 Å². The monoisotopic (exact) mass is 297 g/mol. The number of aliphatic hydroxyl groups is 1. The first-order chi connectivity index (χ1) is 10.1. The molecule has 1 heterocycles. The lowest BCUT2D eigenvalue weighted by Gasteiger charge is -2.34. The zero-order chi connectivity index (χ0) is 15.2. The van der Waals surface area contributed by atoms with E-state index in [-0.39, 0.29) is 11.8 Å². The second-order valence-electron chi connectivity index (χ2n) is 6.81. The summed E-state index contributed by atoms with van der Waals surface area (Å²) in [5, 5.41) is 10.2. The molecule has 1 N–H and O–H groups in total. The Bertz CT molecular complexity index is 323. The van der Waals surface area contributed by atoms with Crippen LogP contribution in [0.15, 0.2) is 0 Å². The lowest BCUT2D eigenvalue weighted by Crippen LogP contribution is -2.49. The van der Waals surface area contributed by atoms with E-state index in [1.807, 2.05) is 7.05 Å². The predicted molar refractivity (Wildman–Crippen MR) is 84.2 cm³/mol. The highest BCUT2D eigenvalue weighted by molar-refractivity contribution is 5.78. The zero-order valence-electron chi connectivity index (χ0n) is 13.6. The average Bonchev–Trinajstić information content (AvgIpc) is 2.49. The third-order valence-electron chi connectivity index (χ3n) is 4.88.